The lowest BCUT2D eigenvalue weighted by Crippen LogP contribution is -2.53. The van der Waals surface area contributed by atoms with E-state index in [2.05, 4.69) is 0 Å². The van der Waals surface area contributed by atoms with Crippen LogP contribution >= 0.6 is 0 Å². The molecule has 0 aromatic rings. The quantitative estimate of drug-likeness (QED) is 0.599. The number of rotatable bonds is 3. The normalized spacial score (nSPS) is 36.4. The van der Waals surface area contributed by atoms with Crippen LogP contribution in [0.15, 0.2) is 0 Å². The molecule has 0 radical (unpaired) electrons. The Hall–Kier alpha value is -0.610. The van der Waals surface area contributed by atoms with Gasteiger partial charge in [-0.25, -0.2) is 0 Å². The lowest BCUT2D eigenvalue weighted by molar-refractivity contribution is -0.160. The number of hydrogen-bond donors (Lipinski definition) is 2. The van der Waals surface area contributed by atoms with Crippen molar-refractivity contribution in [1.29, 1.82) is 0 Å². The van der Waals surface area contributed by atoms with E-state index in [9.17, 15) is 4.79 Å². The van der Waals surface area contributed by atoms with Gasteiger partial charge in [0.2, 0.25) is 0 Å². The molecule has 0 unspecified atom stereocenters. The molecule has 1 aliphatic carbocycles. The van der Waals surface area contributed by atoms with Crippen LogP contribution in [0.1, 0.15) is 12.8 Å². The highest BCUT2D eigenvalue weighted by Crippen LogP contribution is 2.40. The Morgan fingerprint density at radius 3 is 2.64 bits per heavy atom. The van der Waals surface area contributed by atoms with Gasteiger partial charge >= 0.3 is 5.97 Å². The number of carbonyl (C=O) groups is 1. The van der Waals surface area contributed by atoms with E-state index < -0.39 is 11.4 Å². The third-order valence-electron chi connectivity index (χ3n) is 2.18. The summed E-state index contributed by atoms with van der Waals surface area (Å²) >= 11 is 0. The molecule has 1 rings (SSSR count). The highest BCUT2D eigenvalue weighted by molar-refractivity contribution is 5.76. The second-order valence-corrected chi connectivity index (χ2v) is 3.19. The van der Waals surface area contributed by atoms with Crippen molar-refractivity contribution in [2.24, 2.45) is 11.1 Å². The fraction of sp³-hybridized carbons (Fsp3) is 0.857. The van der Waals surface area contributed by atoms with Gasteiger partial charge in [0.1, 0.15) is 0 Å². The van der Waals surface area contributed by atoms with Crippen LogP contribution in [-0.2, 0) is 9.53 Å². The van der Waals surface area contributed by atoms with Gasteiger partial charge in [-0.1, -0.05) is 0 Å². The fourth-order valence-corrected chi connectivity index (χ4v) is 1.57. The van der Waals surface area contributed by atoms with Gasteiger partial charge in [0, 0.05) is 13.2 Å². The molecule has 0 aromatic carbocycles. The monoisotopic (exact) mass is 159 g/mol. The van der Waals surface area contributed by atoms with Gasteiger partial charge in [-0.15, -0.1) is 0 Å². The molecule has 11 heavy (non-hydrogen) atoms. The van der Waals surface area contributed by atoms with Crippen molar-refractivity contribution >= 4 is 5.97 Å². The summed E-state index contributed by atoms with van der Waals surface area (Å²) in [5.41, 5.74) is 4.82. The summed E-state index contributed by atoms with van der Waals surface area (Å²) in [7, 11) is 1.51. The van der Waals surface area contributed by atoms with Gasteiger partial charge < -0.3 is 15.6 Å². The average molecular weight is 159 g/mol. The highest BCUT2D eigenvalue weighted by atomic mass is 16.5. The predicted octanol–water partition coefficient (Wildman–Crippen LogP) is -0.175. The van der Waals surface area contributed by atoms with Crippen LogP contribution in [0.25, 0.3) is 0 Å². The maximum absolute atomic E-state index is 10.7. The van der Waals surface area contributed by atoms with Crippen molar-refractivity contribution in [3.8, 4) is 0 Å². The summed E-state index contributed by atoms with van der Waals surface area (Å²) in [6.45, 7) is 0.274. The molecule has 1 saturated carbocycles. The first-order valence-electron chi connectivity index (χ1n) is 3.59. The van der Waals surface area contributed by atoms with E-state index in [0.717, 1.165) is 0 Å². The minimum Gasteiger partial charge on any atom is -0.481 e. The standard InChI is InChI=1S/C7H13NO3/c1-11-4-7(6(9)10)2-5(8)3-7/h5H,2-4,8H2,1H3,(H,9,10). The van der Waals surface area contributed by atoms with Gasteiger partial charge in [0.15, 0.2) is 0 Å². The number of hydrogen-bond acceptors (Lipinski definition) is 3. The van der Waals surface area contributed by atoms with Crippen molar-refractivity contribution in [2.75, 3.05) is 13.7 Å². The topological polar surface area (TPSA) is 72.5 Å². The lowest BCUT2D eigenvalue weighted by Gasteiger charge is -2.41. The van der Waals surface area contributed by atoms with Gasteiger partial charge in [0.25, 0.3) is 0 Å². The van der Waals surface area contributed by atoms with Crippen molar-refractivity contribution in [1.82, 2.24) is 0 Å². The number of aliphatic carboxylic acids is 1. The van der Waals surface area contributed by atoms with Gasteiger partial charge in [0.05, 0.1) is 12.0 Å². The second kappa shape index (κ2) is 2.79. The lowest BCUT2D eigenvalue weighted by atomic mass is 9.66. The van der Waals surface area contributed by atoms with E-state index in [1.165, 1.54) is 7.11 Å². The summed E-state index contributed by atoms with van der Waals surface area (Å²) in [4.78, 5) is 10.7. The number of nitrogens with two attached hydrogens (primary N) is 1. The number of carboxylic acids is 1. The minimum absolute atomic E-state index is 0.0428. The summed E-state index contributed by atoms with van der Waals surface area (Å²) in [5.74, 6) is -0.791. The SMILES string of the molecule is COCC1(C(=O)O)CC(N)C1. The van der Waals surface area contributed by atoms with E-state index in [1.54, 1.807) is 0 Å². The predicted molar refractivity (Wildman–Crippen MR) is 39.2 cm³/mol. The van der Waals surface area contributed by atoms with Crippen molar-refractivity contribution < 1.29 is 14.6 Å². The molecule has 1 fully saturated rings. The minimum atomic E-state index is -0.791. The zero-order chi connectivity index (χ0) is 8.48. The van der Waals surface area contributed by atoms with Crippen LogP contribution in [0, 0.1) is 5.41 Å². The first-order valence-corrected chi connectivity index (χ1v) is 3.59. The van der Waals surface area contributed by atoms with Crippen LogP contribution < -0.4 is 5.73 Å². The maximum atomic E-state index is 10.7. The largest absolute Gasteiger partial charge is 0.481 e. The summed E-state index contributed by atoms with van der Waals surface area (Å²) < 4.78 is 4.82. The van der Waals surface area contributed by atoms with E-state index in [0.29, 0.717) is 12.8 Å². The summed E-state index contributed by atoms with van der Waals surface area (Å²) in [5, 5.41) is 8.80. The zero-order valence-electron chi connectivity index (χ0n) is 6.54. The smallest absolute Gasteiger partial charge is 0.312 e. The third kappa shape index (κ3) is 1.36. The first kappa shape index (κ1) is 8.49. The van der Waals surface area contributed by atoms with Gasteiger partial charge in [-0.2, -0.15) is 0 Å². The Bertz CT molecular complexity index is 158. The van der Waals surface area contributed by atoms with Crippen molar-refractivity contribution in [3.05, 3.63) is 0 Å². The Morgan fingerprint density at radius 2 is 2.36 bits per heavy atom. The Balaban J connectivity index is 2.53. The fourth-order valence-electron chi connectivity index (χ4n) is 1.57. The molecule has 0 spiro atoms. The van der Waals surface area contributed by atoms with E-state index in [4.69, 9.17) is 15.6 Å². The number of methoxy groups -OCH3 is 1. The molecule has 1 aliphatic rings. The zero-order valence-corrected chi connectivity index (χ0v) is 6.54. The number of ether oxygens (including phenoxy) is 1. The van der Waals surface area contributed by atoms with Crippen LogP contribution in [0.2, 0.25) is 0 Å². The molecule has 64 valence electrons. The molecule has 0 aliphatic heterocycles. The molecule has 4 nitrogen and oxygen atoms in total. The van der Waals surface area contributed by atoms with Crippen LogP contribution in [-0.4, -0.2) is 30.8 Å². The second-order valence-electron chi connectivity index (χ2n) is 3.19. The van der Waals surface area contributed by atoms with Gasteiger partial charge in [-0.3, -0.25) is 4.79 Å². The molecule has 0 bridgehead atoms. The summed E-state index contributed by atoms with van der Waals surface area (Å²) in [6.07, 6.45) is 1.08. The van der Waals surface area contributed by atoms with Crippen molar-refractivity contribution in [3.63, 3.8) is 0 Å². The van der Waals surface area contributed by atoms with Crippen LogP contribution in [0.4, 0.5) is 0 Å². The average Bonchev–Trinajstić information content (AvgIpc) is 1.84. The first-order chi connectivity index (χ1) is 5.10. The summed E-state index contributed by atoms with van der Waals surface area (Å²) in [6, 6.07) is 0.0428. The van der Waals surface area contributed by atoms with Gasteiger partial charge in [-0.05, 0) is 12.8 Å². The molecule has 4 heteroatoms. The molecule has 3 N–H and O–H groups in total. The Labute approximate surface area is 65.3 Å². The molecule has 0 heterocycles. The van der Waals surface area contributed by atoms with Crippen LogP contribution in [0.5, 0.6) is 0 Å². The maximum Gasteiger partial charge on any atom is 0.312 e. The van der Waals surface area contributed by atoms with Crippen molar-refractivity contribution in [2.45, 2.75) is 18.9 Å². The van der Waals surface area contributed by atoms with Crippen LogP contribution in [0.3, 0.4) is 0 Å². The Morgan fingerprint density at radius 1 is 1.82 bits per heavy atom. The van der Waals surface area contributed by atoms with E-state index in [1.807, 2.05) is 0 Å². The molecular weight excluding hydrogens is 146 g/mol. The molecule has 0 saturated heterocycles. The number of carboxylic acid groups (broad SMARTS) is 1. The Kier molecular flexibility index (Phi) is 2.15. The van der Waals surface area contributed by atoms with E-state index in [-0.39, 0.29) is 12.6 Å². The molecule has 0 atom stereocenters. The molecular formula is C7H13NO3. The highest BCUT2D eigenvalue weighted by Gasteiger charge is 2.49. The molecule has 0 aromatic heterocycles. The molecule has 0 amide bonds. The van der Waals surface area contributed by atoms with E-state index >= 15 is 0 Å². The third-order valence-corrected chi connectivity index (χ3v) is 2.18.